The van der Waals surface area contributed by atoms with Crippen molar-refractivity contribution < 1.29 is 22.7 Å². The van der Waals surface area contributed by atoms with Gasteiger partial charge in [0.25, 0.3) is 0 Å². The van der Waals surface area contributed by atoms with Crippen LogP contribution >= 0.6 is 11.3 Å². The van der Waals surface area contributed by atoms with Crippen LogP contribution in [0.1, 0.15) is 16.8 Å². The monoisotopic (exact) mass is 421 g/mol. The van der Waals surface area contributed by atoms with Crippen LogP contribution in [0.25, 0.3) is 0 Å². The van der Waals surface area contributed by atoms with E-state index < -0.39 is 6.36 Å². The molecule has 1 amide bonds. The molecule has 2 aromatic carbocycles. The molecule has 0 aliphatic carbocycles. The summed E-state index contributed by atoms with van der Waals surface area (Å²) < 4.78 is 40.4. The molecule has 0 unspecified atom stereocenters. The molecule has 5 nitrogen and oxygen atoms in total. The number of carbonyl (C=O) groups is 1. The Morgan fingerprint density at radius 1 is 1.07 bits per heavy atom. The number of hydrogen-bond donors (Lipinski definition) is 2. The normalized spacial score (nSPS) is 11.2. The summed E-state index contributed by atoms with van der Waals surface area (Å²) in [4.78, 5) is 16.6. The first kappa shape index (κ1) is 20.7. The standard InChI is InChI=1S/C20H18F3N3O2S/c1-12-7-13(2)9-15(8-12)24-18(27)10-16-11-29-19(26-16)25-14-3-5-17(6-4-14)28-20(21,22)23/h3-9,11H,10H2,1-2H3,(H,24,27)(H,25,26). The van der Waals surface area contributed by atoms with Crippen molar-refractivity contribution in [3.8, 4) is 5.75 Å². The van der Waals surface area contributed by atoms with Crippen LogP contribution < -0.4 is 15.4 Å². The quantitative estimate of drug-likeness (QED) is 0.545. The van der Waals surface area contributed by atoms with Gasteiger partial charge in [0.1, 0.15) is 5.75 Å². The van der Waals surface area contributed by atoms with Crippen LogP contribution in [0.4, 0.5) is 29.7 Å². The molecule has 0 fully saturated rings. The zero-order valence-electron chi connectivity index (χ0n) is 15.6. The Morgan fingerprint density at radius 2 is 1.72 bits per heavy atom. The maximum Gasteiger partial charge on any atom is 0.573 e. The summed E-state index contributed by atoms with van der Waals surface area (Å²) in [6, 6.07) is 11.1. The first-order valence-electron chi connectivity index (χ1n) is 8.62. The molecular weight excluding hydrogens is 403 g/mol. The van der Waals surface area contributed by atoms with Crippen molar-refractivity contribution in [1.29, 1.82) is 0 Å². The Balaban J connectivity index is 1.57. The zero-order valence-corrected chi connectivity index (χ0v) is 16.4. The number of carbonyl (C=O) groups excluding carboxylic acids is 1. The number of alkyl halides is 3. The van der Waals surface area contributed by atoms with Crippen LogP contribution in [-0.2, 0) is 11.2 Å². The van der Waals surface area contributed by atoms with Gasteiger partial charge in [-0.25, -0.2) is 4.98 Å². The third-order valence-electron chi connectivity index (χ3n) is 3.74. The molecule has 1 aromatic heterocycles. The minimum Gasteiger partial charge on any atom is -0.406 e. The van der Waals surface area contributed by atoms with Crippen molar-refractivity contribution >= 4 is 33.8 Å². The van der Waals surface area contributed by atoms with Gasteiger partial charge in [-0.1, -0.05) is 6.07 Å². The number of halogens is 3. The highest BCUT2D eigenvalue weighted by atomic mass is 32.1. The molecule has 3 aromatic rings. The number of hydrogen-bond acceptors (Lipinski definition) is 5. The fraction of sp³-hybridized carbons (Fsp3) is 0.200. The predicted octanol–water partition coefficient (Wildman–Crippen LogP) is 5.58. The van der Waals surface area contributed by atoms with Gasteiger partial charge in [0.2, 0.25) is 5.91 Å². The van der Waals surface area contributed by atoms with E-state index in [1.807, 2.05) is 32.0 Å². The van der Waals surface area contributed by atoms with Crippen molar-refractivity contribution in [1.82, 2.24) is 4.98 Å². The second-order valence-corrected chi connectivity index (χ2v) is 7.30. The average molecular weight is 421 g/mol. The Kier molecular flexibility index (Phi) is 6.07. The summed E-state index contributed by atoms with van der Waals surface area (Å²) in [5, 5.41) is 8.13. The van der Waals surface area contributed by atoms with E-state index >= 15 is 0 Å². The maximum atomic E-state index is 12.3. The number of nitrogens with zero attached hydrogens (tertiary/aromatic N) is 1. The van der Waals surface area contributed by atoms with E-state index in [0.717, 1.165) is 16.8 Å². The number of thiazole rings is 1. The van der Waals surface area contributed by atoms with Crippen LogP contribution in [0, 0.1) is 13.8 Å². The minimum atomic E-state index is -4.73. The Hall–Kier alpha value is -3.07. The Labute approximate surface area is 169 Å². The van der Waals surface area contributed by atoms with Gasteiger partial charge >= 0.3 is 6.36 Å². The largest absolute Gasteiger partial charge is 0.573 e. The van der Waals surface area contributed by atoms with Crippen LogP contribution in [0.2, 0.25) is 0 Å². The van der Waals surface area contributed by atoms with E-state index in [1.165, 1.54) is 35.6 Å². The van der Waals surface area contributed by atoms with Crippen molar-refractivity contribution in [3.05, 3.63) is 64.7 Å². The van der Waals surface area contributed by atoms with Crippen LogP contribution in [-0.4, -0.2) is 17.3 Å². The fourth-order valence-corrected chi connectivity index (χ4v) is 3.46. The van der Waals surface area contributed by atoms with Crippen molar-refractivity contribution in [2.75, 3.05) is 10.6 Å². The number of benzene rings is 2. The number of rotatable bonds is 6. The molecule has 0 aliphatic rings. The number of aryl methyl sites for hydroxylation is 2. The summed E-state index contributed by atoms with van der Waals surface area (Å²) >= 11 is 1.30. The molecule has 0 radical (unpaired) electrons. The van der Waals surface area contributed by atoms with Crippen molar-refractivity contribution in [2.24, 2.45) is 0 Å². The summed E-state index contributed by atoms with van der Waals surface area (Å²) in [6.45, 7) is 3.92. The topological polar surface area (TPSA) is 63.2 Å². The van der Waals surface area contributed by atoms with E-state index in [2.05, 4.69) is 20.4 Å². The van der Waals surface area contributed by atoms with Gasteiger partial charge in [0.15, 0.2) is 5.13 Å². The minimum absolute atomic E-state index is 0.115. The van der Waals surface area contributed by atoms with E-state index in [0.29, 0.717) is 16.5 Å². The van der Waals surface area contributed by atoms with Crippen LogP contribution in [0.3, 0.4) is 0 Å². The molecule has 1 heterocycles. The van der Waals surface area contributed by atoms with Crippen LogP contribution in [0.5, 0.6) is 5.75 Å². The van der Waals surface area contributed by atoms with Crippen molar-refractivity contribution in [2.45, 2.75) is 26.6 Å². The maximum absolute atomic E-state index is 12.3. The van der Waals surface area contributed by atoms with Gasteiger partial charge in [-0.3, -0.25) is 4.79 Å². The first-order valence-corrected chi connectivity index (χ1v) is 9.50. The molecule has 0 saturated carbocycles. The molecule has 0 saturated heterocycles. The summed E-state index contributed by atoms with van der Waals surface area (Å²) in [6.07, 6.45) is -4.61. The van der Waals surface area contributed by atoms with Gasteiger partial charge in [0, 0.05) is 16.8 Å². The summed E-state index contributed by atoms with van der Waals surface area (Å²) in [7, 11) is 0. The lowest BCUT2D eigenvalue weighted by molar-refractivity contribution is -0.274. The highest BCUT2D eigenvalue weighted by molar-refractivity contribution is 7.13. The number of aromatic nitrogens is 1. The van der Waals surface area contributed by atoms with E-state index in [9.17, 15) is 18.0 Å². The second kappa shape index (κ2) is 8.52. The lowest BCUT2D eigenvalue weighted by atomic mass is 10.1. The number of amides is 1. The van der Waals surface area contributed by atoms with E-state index in [4.69, 9.17) is 0 Å². The molecule has 0 spiro atoms. The third kappa shape index (κ3) is 6.49. The van der Waals surface area contributed by atoms with E-state index in [-0.39, 0.29) is 18.1 Å². The summed E-state index contributed by atoms with van der Waals surface area (Å²) in [5.74, 6) is -0.480. The SMILES string of the molecule is Cc1cc(C)cc(NC(=O)Cc2csc(Nc3ccc(OC(F)(F)F)cc3)n2)c1. The lowest BCUT2D eigenvalue weighted by Crippen LogP contribution is -2.16. The molecule has 29 heavy (non-hydrogen) atoms. The number of nitrogens with one attached hydrogen (secondary N) is 2. The Bertz CT molecular complexity index is 981. The molecule has 152 valence electrons. The molecule has 2 N–H and O–H groups in total. The highest BCUT2D eigenvalue weighted by Crippen LogP contribution is 2.26. The molecule has 0 bridgehead atoms. The van der Waals surface area contributed by atoms with Crippen LogP contribution in [0.15, 0.2) is 47.8 Å². The predicted molar refractivity (Wildman–Crippen MR) is 107 cm³/mol. The van der Waals surface area contributed by atoms with Gasteiger partial charge in [0.05, 0.1) is 12.1 Å². The van der Waals surface area contributed by atoms with Gasteiger partial charge < -0.3 is 15.4 Å². The molecule has 9 heteroatoms. The highest BCUT2D eigenvalue weighted by Gasteiger charge is 2.30. The Morgan fingerprint density at radius 3 is 2.34 bits per heavy atom. The lowest BCUT2D eigenvalue weighted by Gasteiger charge is -2.09. The number of ether oxygens (including phenoxy) is 1. The van der Waals surface area contributed by atoms with Gasteiger partial charge in [-0.15, -0.1) is 24.5 Å². The van der Waals surface area contributed by atoms with Crippen molar-refractivity contribution in [3.63, 3.8) is 0 Å². The number of anilines is 3. The molecule has 0 atom stereocenters. The van der Waals surface area contributed by atoms with E-state index in [1.54, 1.807) is 5.38 Å². The molecule has 3 rings (SSSR count). The zero-order chi connectivity index (χ0) is 21.0. The first-order chi connectivity index (χ1) is 13.7. The second-order valence-electron chi connectivity index (χ2n) is 6.44. The smallest absolute Gasteiger partial charge is 0.406 e. The molecule has 0 aliphatic heterocycles. The van der Waals surface area contributed by atoms with Gasteiger partial charge in [-0.05, 0) is 61.4 Å². The third-order valence-corrected chi connectivity index (χ3v) is 4.54. The average Bonchev–Trinajstić information content (AvgIpc) is 3.01. The summed E-state index contributed by atoms with van der Waals surface area (Å²) in [5.41, 5.74) is 4.01. The van der Waals surface area contributed by atoms with Gasteiger partial charge in [-0.2, -0.15) is 0 Å². The fourth-order valence-electron chi connectivity index (χ4n) is 2.73. The molecular formula is C20H18F3N3O2S.